The molecule has 0 aromatic heterocycles. The first-order valence-electron chi connectivity index (χ1n) is 16.2. The number of esters is 1. The number of ether oxygens (including phenoxy) is 1. The van der Waals surface area contributed by atoms with Crippen molar-refractivity contribution in [3.8, 4) is 45.2 Å². The van der Waals surface area contributed by atoms with Gasteiger partial charge in [-0.05, 0) is 95.6 Å². The number of unbranched alkanes of at least 4 members (excludes halogenated alkanes) is 6. The minimum Gasteiger partial charge on any atom is -0.427 e. The molecule has 0 unspecified atom stereocenters. The van der Waals surface area contributed by atoms with Gasteiger partial charge in [-0.2, -0.15) is 5.26 Å². The first kappa shape index (κ1) is 34.1. The van der Waals surface area contributed by atoms with Crippen LogP contribution < -0.4 is 4.74 Å². The van der Waals surface area contributed by atoms with Gasteiger partial charge in [-0.25, -0.2) is 17.6 Å². The number of halogens is 4. The molecule has 5 aromatic carbocycles. The quantitative estimate of drug-likeness (QED) is 0.0521. The van der Waals surface area contributed by atoms with Crippen molar-refractivity contribution < 1.29 is 27.1 Å². The van der Waals surface area contributed by atoms with Gasteiger partial charge in [0.2, 0.25) is 0 Å². The van der Waals surface area contributed by atoms with Crippen molar-refractivity contribution in [2.75, 3.05) is 0 Å². The van der Waals surface area contributed by atoms with Gasteiger partial charge in [-0.1, -0.05) is 86.7 Å². The van der Waals surface area contributed by atoms with Gasteiger partial charge in [0.1, 0.15) is 17.4 Å². The van der Waals surface area contributed by atoms with E-state index in [4.69, 9.17) is 10.00 Å². The summed E-state index contributed by atoms with van der Waals surface area (Å²) in [6.07, 6.45) is 7.79. The summed E-state index contributed by atoms with van der Waals surface area (Å²) in [5.74, 6) is -2.62. The summed E-state index contributed by atoms with van der Waals surface area (Å²) >= 11 is 0. The number of aryl methyl sites for hydroxylation is 1. The third-order valence-corrected chi connectivity index (χ3v) is 8.32. The lowest BCUT2D eigenvalue weighted by molar-refractivity contribution is -0.134. The zero-order valence-corrected chi connectivity index (χ0v) is 26.5. The zero-order chi connectivity index (χ0) is 33.9. The summed E-state index contributed by atoms with van der Waals surface area (Å²) in [7, 11) is 0. The van der Waals surface area contributed by atoms with Crippen LogP contribution >= 0.6 is 0 Å². The molecule has 0 saturated heterocycles. The van der Waals surface area contributed by atoms with Crippen LogP contribution in [0.15, 0.2) is 103 Å². The molecule has 48 heavy (non-hydrogen) atoms. The first-order chi connectivity index (χ1) is 23.3. The number of carbonyl (C=O) groups excluding carboxylic acids is 1. The first-order valence-corrected chi connectivity index (χ1v) is 16.2. The van der Waals surface area contributed by atoms with E-state index in [1.54, 1.807) is 60.7 Å². The van der Waals surface area contributed by atoms with Crippen LogP contribution in [0.1, 0.15) is 62.5 Å². The van der Waals surface area contributed by atoms with E-state index in [2.05, 4.69) is 6.07 Å². The smallest absolute Gasteiger partial charge is 0.311 e. The molecule has 0 amide bonds. The molecule has 0 heterocycles. The van der Waals surface area contributed by atoms with E-state index in [1.807, 2.05) is 12.1 Å². The molecule has 0 aliphatic rings. The van der Waals surface area contributed by atoms with Crippen molar-refractivity contribution in [2.45, 2.75) is 57.8 Å². The maximum atomic E-state index is 14.9. The molecule has 0 fully saturated rings. The lowest BCUT2D eigenvalue weighted by Gasteiger charge is -2.09. The normalized spacial score (nSPS) is 10.9. The van der Waals surface area contributed by atoms with Gasteiger partial charge < -0.3 is 4.74 Å². The molecule has 7 heteroatoms. The molecule has 0 spiro atoms. The molecule has 0 atom stereocenters. The number of nitrogens with zero attached hydrogens (tertiary/aromatic N) is 1. The summed E-state index contributed by atoms with van der Waals surface area (Å²) in [6.45, 7) is 0. The number of nitriles is 1. The number of rotatable bonds is 14. The molecule has 0 saturated carbocycles. The topological polar surface area (TPSA) is 50.1 Å². The molecular formula is C41H35F4NO2. The minimum absolute atomic E-state index is 0.247. The monoisotopic (exact) mass is 649 g/mol. The van der Waals surface area contributed by atoms with Gasteiger partial charge in [0, 0.05) is 17.5 Å². The second-order valence-electron chi connectivity index (χ2n) is 11.8. The van der Waals surface area contributed by atoms with E-state index in [0.717, 1.165) is 74.6 Å². The van der Waals surface area contributed by atoms with Crippen LogP contribution in [0.2, 0.25) is 0 Å². The number of carbonyl (C=O) groups is 1. The van der Waals surface area contributed by atoms with Gasteiger partial charge >= 0.3 is 5.97 Å². The maximum Gasteiger partial charge on any atom is 0.311 e. The summed E-state index contributed by atoms with van der Waals surface area (Å²) < 4.78 is 61.7. The van der Waals surface area contributed by atoms with Crippen molar-refractivity contribution in [1.29, 1.82) is 5.26 Å². The average Bonchev–Trinajstić information content (AvgIpc) is 3.09. The fourth-order valence-electron chi connectivity index (χ4n) is 5.65. The van der Waals surface area contributed by atoms with Crippen LogP contribution in [0.4, 0.5) is 17.6 Å². The summed E-state index contributed by atoms with van der Waals surface area (Å²) in [5, 5.41) is 8.97. The fourth-order valence-corrected chi connectivity index (χ4v) is 5.65. The van der Waals surface area contributed by atoms with Gasteiger partial charge in [-0.3, -0.25) is 4.79 Å². The molecule has 0 N–H and O–H groups in total. The fraction of sp³-hybridized carbons (Fsp3) is 0.220. The van der Waals surface area contributed by atoms with Crippen molar-refractivity contribution >= 4 is 5.97 Å². The Labute approximate surface area is 278 Å². The molecule has 0 aliphatic heterocycles. The van der Waals surface area contributed by atoms with Crippen LogP contribution in [-0.2, 0) is 11.2 Å². The van der Waals surface area contributed by atoms with Crippen LogP contribution in [0.5, 0.6) is 5.75 Å². The SMILES string of the molecule is N#Cc1ccc(-c2ccc(-c3ccc(OC(=O)CCCCCCCCCc4ccc(-c5ccc(F)c(F)c5)c(F)c4)cc3)cc2F)cc1. The summed E-state index contributed by atoms with van der Waals surface area (Å²) in [5.41, 5.74) is 4.59. The predicted molar refractivity (Wildman–Crippen MR) is 180 cm³/mol. The van der Waals surface area contributed by atoms with E-state index in [-0.39, 0.29) is 17.3 Å². The predicted octanol–water partition coefficient (Wildman–Crippen LogP) is 11.4. The van der Waals surface area contributed by atoms with Crippen LogP contribution in [0.25, 0.3) is 33.4 Å². The third kappa shape index (κ3) is 9.19. The summed E-state index contributed by atoms with van der Waals surface area (Å²) in [6, 6.07) is 29.1. The molecule has 0 radical (unpaired) electrons. The molecule has 244 valence electrons. The van der Waals surface area contributed by atoms with E-state index < -0.39 is 17.5 Å². The summed E-state index contributed by atoms with van der Waals surface area (Å²) in [4.78, 5) is 12.3. The lowest BCUT2D eigenvalue weighted by atomic mass is 9.99. The van der Waals surface area contributed by atoms with Gasteiger partial charge in [0.25, 0.3) is 0 Å². The van der Waals surface area contributed by atoms with Crippen LogP contribution in [0, 0.1) is 34.6 Å². The standard InChI is InChI=1S/C41H35F4NO2/c42-37-23-18-33(26-40(37)45)36-21-12-28(24-38(36)43)8-6-4-2-1-3-5-7-9-41(47)48-34-19-15-30(16-20-34)32-17-22-35(39(44)25-32)31-13-10-29(27-46)11-14-31/h10-26H,1-9H2. The van der Waals surface area contributed by atoms with Crippen LogP contribution in [-0.4, -0.2) is 5.97 Å². The Morgan fingerprint density at radius 3 is 1.77 bits per heavy atom. The Hall–Kier alpha value is -5.22. The van der Waals surface area contributed by atoms with E-state index in [0.29, 0.717) is 40.0 Å². The van der Waals surface area contributed by atoms with E-state index >= 15 is 0 Å². The minimum atomic E-state index is -1.00. The Bertz CT molecular complexity index is 1900. The molecule has 0 bridgehead atoms. The zero-order valence-electron chi connectivity index (χ0n) is 26.5. The van der Waals surface area contributed by atoms with E-state index in [9.17, 15) is 22.4 Å². The number of benzene rings is 5. The Kier molecular flexibility index (Phi) is 11.8. The lowest BCUT2D eigenvalue weighted by Crippen LogP contribution is -2.07. The maximum absolute atomic E-state index is 14.9. The highest BCUT2D eigenvalue weighted by Crippen LogP contribution is 2.30. The average molecular weight is 650 g/mol. The highest BCUT2D eigenvalue weighted by atomic mass is 19.2. The second kappa shape index (κ2) is 16.6. The molecule has 0 aliphatic carbocycles. The van der Waals surface area contributed by atoms with Crippen molar-refractivity contribution in [1.82, 2.24) is 0 Å². The molecule has 3 nitrogen and oxygen atoms in total. The van der Waals surface area contributed by atoms with Gasteiger partial charge in [0.15, 0.2) is 11.6 Å². The second-order valence-corrected chi connectivity index (χ2v) is 11.8. The Morgan fingerprint density at radius 2 is 1.10 bits per heavy atom. The van der Waals surface area contributed by atoms with Crippen molar-refractivity contribution in [3.63, 3.8) is 0 Å². The highest BCUT2D eigenvalue weighted by molar-refractivity contribution is 5.74. The molecule has 5 aromatic rings. The Balaban J connectivity index is 0.959. The largest absolute Gasteiger partial charge is 0.427 e. The highest BCUT2D eigenvalue weighted by Gasteiger charge is 2.11. The molecule has 5 rings (SSSR count). The third-order valence-electron chi connectivity index (χ3n) is 8.32. The Morgan fingerprint density at radius 1 is 0.542 bits per heavy atom. The van der Waals surface area contributed by atoms with Crippen molar-refractivity contribution in [2.24, 2.45) is 0 Å². The molecular weight excluding hydrogens is 614 g/mol. The number of hydrogen-bond acceptors (Lipinski definition) is 3. The van der Waals surface area contributed by atoms with Gasteiger partial charge in [-0.15, -0.1) is 0 Å². The van der Waals surface area contributed by atoms with Crippen molar-refractivity contribution in [3.05, 3.63) is 138 Å². The van der Waals surface area contributed by atoms with Crippen LogP contribution in [0.3, 0.4) is 0 Å². The number of hydrogen-bond donors (Lipinski definition) is 0. The van der Waals surface area contributed by atoms with E-state index in [1.165, 1.54) is 18.2 Å². The van der Waals surface area contributed by atoms with Gasteiger partial charge in [0.05, 0.1) is 11.6 Å².